The molecule has 0 spiro atoms. The number of hydrogen-bond acceptors (Lipinski definition) is 7. The van der Waals surface area contributed by atoms with Crippen LogP contribution < -0.4 is 5.32 Å². The SMILES string of the molecule is CC(C)c1c(C(C)(C)O)cnc2c(F)cc(-c3nc(N[C@@H]4CCOC[C@H]4O)ncc3F)cc12. The minimum Gasteiger partial charge on any atom is -0.389 e. The fourth-order valence-electron chi connectivity index (χ4n) is 4.22. The summed E-state index contributed by atoms with van der Waals surface area (Å²) in [6, 6.07) is 2.51. The van der Waals surface area contributed by atoms with Crippen LogP contribution in [0.3, 0.4) is 0 Å². The topological polar surface area (TPSA) is 100 Å². The first-order valence-electron chi connectivity index (χ1n) is 11.0. The van der Waals surface area contributed by atoms with Crippen LogP contribution in [0.4, 0.5) is 14.7 Å². The van der Waals surface area contributed by atoms with Gasteiger partial charge in [0.15, 0.2) is 5.82 Å². The zero-order chi connectivity index (χ0) is 23.9. The normalized spacial score (nSPS) is 19.3. The molecule has 0 saturated carbocycles. The number of aliphatic hydroxyl groups is 2. The number of ether oxygens (including phenoxy) is 1. The third-order valence-electron chi connectivity index (χ3n) is 5.86. The molecule has 0 bridgehead atoms. The smallest absolute Gasteiger partial charge is 0.223 e. The van der Waals surface area contributed by atoms with Crippen LogP contribution in [0.1, 0.15) is 51.2 Å². The number of hydrogen-bond donors (Lipinski definition) is 3. The van der Waals surface area contributed by atoms with Gasteiger partial charge in [-0.15, -0.1) is 0 Å². The Bertz CT molecular complexity index is 1180. The molecule has 4 rings (SSSR count). The Balaban J connectivity index is 1.83. The van der Waals surface area contributed by atoms with Crippen LogP contribution in [0.25, 0.3) is 22.2 Å². The van der Waals surface area contributed by atoms with Crippen molar-refractivity contribution in [2.75, 3.05) is 18.5 Å². The number of aromatic nitrogens is 3. The van der Waals surface area contributed by atoms with Gasteiger partial charge in [0, 0.05) is 29.3 Å². The summed E-state index contributed by atoms with van der Waals surface area (Å²) in [7, 11) is 0. The summed E-state index contributed by atoms with van der Waals surface area (Å²) < 4.78 is 35.1. The molecule has 0 radical (unpaired) electrons. The zero-order valence-electron chi connectivity index (χ0n) is 19.1. The second kappa shape index (κ2) is 8.89. The van der Waals surface area contributed by atoms with Crippen LogP contribution in [0.5, 0.6) is 0 Å². The van der Waals surface area contributed by atoms with Crippen LogP contribution in [0, 0.1) is 11.6 Å². The molecule has 7 nitrogen and oxygen atoms in total. The molecule has 0 unspecified atom stereocenters. The van der Waals surface area contributed by atoms with E-state index in [1.807, 2.05) is 13.8 Å². The molecular weight excluding hydrogens is 430 g/mol. The minimum absolute atomic E-state index is 0.0472. The van der Waals surface area contributed by atoms with E-state index in [1.54, 1.807) is 19.9 Å². The van der Waals surface area contributed by atoms with E-state index in [1.165, 1.54) is 12.3 Å². The quantitative estimate of drug-likeness (QED) is 0.533. The fraction of sp³-hybridized carbons (Fsp3) is 0.458. The van der Waals surface area contributed by atoms with Gasteiger partial charge in [0.1, 0.15) is 17.0 Å². The lowest BCUT2D eigenvalue weighted by Gasteiger charge is -2.28. The van der Waals surface area contributed by atoms with E-state index in [0.29, 0.717) is 24.0 Å². The highest BCUT2D eigenvalue weighted by Gasteiger charge is 2.27. The lowest BCUT2D eigenvalue weighted by Crippen LogP contribution is -2.42. The molecule has 176 valence electrons. The summed E-state index contributed by atoms with van der Waals surface area (Å²) in [5.41, 5.74) is 0.445. The van der Waals surface area contributed by atoms with Crippen molar-refractivity contribution >= 4 is 16.9 Å². The van der Waals surface area contributed by atoms with Crippen LogP contribution >= 0.6 is 0 Å². The molecule has 3 heterocycles. The first kappa shape index (κ1) is 23.4. The fourth-order valence-corrected chi connectivity index (χ4v) is 4.22. The maximum absolute atomic E-state index is 15.1. The summed E-state index contributed by atoms with van der Waals surface area (Å²) in [5.74, 6) is -1.23. The van der Waals surface area contributed by atoms with Crippen molar-refractivity contribution in [1.29, 1.82) is 0 Å². The molecule has 9 heteroatoms. The van der Waals surface area contributed by atoms with Crippen molar-refractivity contribution in [2.45, 2.75) is 57.8 Å². The van der Waals surface area contributed by atoms with Crippen molar-refractivity contribution in [3.63, 3.8) is 0 Å². The Morgan fingerprint density at radius 2 is 1.91 bits per heavy atom. The Morgan fingerprint density at radius 1 is 1.15 bits per heavy atom. The second-order valence-electron chi connectivity index (χ2n) is 9.23. The molecule has 3 N–H and O–H groups in total. The van der Waals surface area contributed by atoms with Crippen molar-refractivity contribution in [3.8, 4) is 11.3 Å². The number of halogens is 2. The number of anilines is 1. The average molecular weight is 459 g/mol. The van der Waals surface area contributed by atoms with Crippen LogP contribution in [0.2, 0.25) is 0 Å². The number of benzene rings is 1. The Hall–Kier alpha value is -2.75. The molecule has 1 aromatic carbocycles. The largest absolute Gasteiger partial charge is 0.389 e. The first-order chi connectivity index (χ1) is 15.6. The van der Waals surface area contributed by atoms with Gasteiger partial charge in [0.2, 0.25) is 5.95 Å². The average Bonchev–Trinajstić information content (AvgIpc) is 2.75. The van der Waals surface area contributed by atoms with Gasteiger partial charge in [0.05, 0.1) is 30.6 Å². The van der Waals surface area contributed by atoms with E-state index in [-0.39, 0.29) is 41.3 Å². The number of pyridine rings is 1. The molecule has 0 amide bonds. The zero-order valence-corrected chi connectivity index (χ0v) is 19.1. The third-order valence-corrected chi connectivity index (χ3v) is 5.86. The standard InChI is InChI=1S/C24H28F2N4O3/c1-12(2)20-14-7-13(8-16(25)22(14)27-9-15(20)24(3,4)32)21-17(26)10-28-23(30-21)29-18-5-6-33-11-19(18)31/h7-10,12,18-19,31-32H,5-6,11H2,1-4H3,(H,28,29,30)/t18-,19-/m1/s1. The van der Waals surface area contributed by atoms with Gasteiger partial charge >= 0.3 is 0 Å². The van der Waals surface area contributed by atoms with Gasteiger partial charge in [-0.05, 0) is 43.9 Å². The number of nitrogens with one attached hydrogen (secondary N) is 1. The number of fused-ring (bicyclic) bond motifs is 1. The van der Waals surface area contributed by atoms with Crippen molar-refractivity contribution < 1.29 is 23.7 Å². The third kappa shape index (κ3) is 4.66. The lowest BCUT2D eigenvalue weighted by molar-refractivity contribution is -0.0136. The summed E-state index contributed by atoms with van der Waals surface area (Å²) in [5, 5.41) is 24.3. The Labute approximate surface area is 190 Å². The van der Waals surface area contributed by atoms with E-state index >= 15 is 4.39 Å². The van der Waals surface area contributed by atoms with Crippen LogP contribution in [0.15, 0.2) is 24.5 Å². The molecule has 1 aliphatic rings. The maximum Gasteiger partial charge on any atom is 0.223 e. The highest BCUT2D eigenvalue weighted by Crippen LogP contribution is 2.37. The van der Waals surface area contributed by atoms with E-state index in [2.05, 4.69) is 20.3 Å². The van der Waals surface area contributed by atoms with E-state index in [9.17, 15) is 14.6 Å². The summed E-state index contributed by atoms with van der Waals surface area (Å²) in [6.07, 6.45) is 2.32. The molecule has 0 aliphatic carbocycles. The second-order valence-corrected chi connectivity index (χ2v) is 9.23. The monoisotopic (exact) mass is 458 g/mol. The van der Waals surface area contributed by atoms with Crippen molar-refractivity contribution in [2.24, 2.45) is 0 Å². The summed E-state index contributed by atoms with van der Waals surface area (Å²) in [6.45, 7) is 7.86. The highest BCUT2D eigenvalue weighted by atomic mass is 19.1. The number of nitrogens with zero attached hydrogens (tertiary/aromatic N) is 3. The van der Waals surface area contributed by atoms with E-state index in [0.717, 1.165) is 11.8 Å². The van der Waals surface area contributed by atoms with E-state index in [4.69, 9.17) is 4.74 Å². The first-order valence-corrected chi connectivity index (χ1v) is 11.0. The predicted octanol–water partition coefficient (Wildman–Crippen LogP) is 3.88. The Morgan fingerprint density at radius 3 is 2.58 bits per heavy atom. The van der Waals surface area contributed by atoms with Gasteiger partial charge in [-0.1, -0.05) is 13.8 Å². The maximum atomic E-state index is 15.1. The molecule has 3 aromatic rings. The Kier molecular flexibility index (Phi) is 6.30. The van der Waals surface area contributed by atoms with Gasteiger partial charge in [-0.2, -0.15) is 0 Å². The van der Waals surface area contributed by atoms with Crippen molar-refractivity contribution in [1.82, 2.24) is 15.0 Å². The molecule has 1 fully saturated rings. The van der Waals surface area contributed by atoms with Crippen LogP contribution in [-0.2, 0) is 10.3 Å². The molecule has 1 aliphatic heterocycles. The summed E-state index contributed by atoms with van der Waals surface area (Å²) in [4.78, 5) is 12.5. The van der Waals surface area contributed by atoms with Gasteiger partial charge in [0.25, 0.3) is 0 Å². The highest BCUT2D eigenvalue weighted by molar-refractivity contribution is 5.88. The molecule has 1 saturated heterocycles. The molecule has 33 heavy (non-hydrogen) atoms. The van der Waals surface area contributed by atoms with Gasteiger partial charge in [-0.3, -0.25) is 4.98 Å². The van der Waals surface area contributed by atoms with Gasteiger partial charge < -0.3 is 20.3 Å². The predicted molar refractivity (Wildman–Crippen MR) is 121 cm³/mol. The van der Waals surface area contributed by atoms with Crippen LogP contribution in [-0.4, -0.2) is 50.5 Å². The molecule has 2 atom stereocenters. The summed E-state index contributed by atoms with van der Waals surface area (Å²) >= 11 is 0. The van der Waals surface area contributed by atoms with Crippen molar-refractivity contribution in [3.05, 3.63) is 47.3 Å². The molecule has 2 aromatic heterocycles. The molecular formula is C24H28F2N4O3. The number of aliphatic hydroxyl groups excluding tert-OH is 1. The lowest BCUT2D eigenvalue weighted by atomic mass is 9.86. The van der Waals surface area contributed by atoms with Gasteiger partial charge in [-0.25, -0.2) is 18.7 Å². The number of rotatable bonds is 5. The van der Waals surface area contributed by atoms with E-state index < -0.39 is 23.3 Å². The minimum atomic E-state index is -1.19.